The Hall–Kier alpha value is -3.29. The minimum Gasteiger partial charge on any atom is -0.410 e. The molecule has 0 aliphatic rings. The molecule has 0 radical (unpaired) electrons. The van der Waals surface area contributed by atoms with E-state index in [0.29, 0.717) is 11.4 Å². The number of fused-ring (bicyclic) bond motifs is 1. The predicted octanol–water partition coefficient (Wildman–Crippen LogP) is 4.37. The molecule has 2 amide bonds. The van der Waals surface area contributed by atoms with Crippen molar-refractivity contribution in [3.8, 4) is 5.75 Å². The number of hydroxylamine groups is 1. The third kappa shape index (κ3) is 4.96. The smallest absolute Gasteiger partial charge is 0.410 e. The van der Waals surface area contributed by atoms with Gasteiger partial charge in [-0.25, -0.2) is 10.3 Å². The molecule has 0 heterocycles. The first-order valence-corrected chi connectivity index (χ1v) is 8.63. The summed E-state index contributed by atoms with van der Waals surface area (Å²) in [6.45, 7) is 1.91. The number of rotatable bonds is 4. The Labute approximate surface area is 174 Å². The Bertz CT molecular complexity index is 1040. The highest BCUT2D eigenvalue weighted by molar-refractivity contribution is 5.95. The first-order valence-electron chi connectivity index (χ1n) is 8.63. The van der Waals surface area contributed by atoms with Crippen molar-refractivity contribution in [3.05, 3.63) is 65.7 Å². The van der Waals surface area contributed by atoms with E-state index in [1.165, 1.54) is 12.1 Å². The van der Waals surface area contributed by atoms with E-state index in [4.69, 9.17) is 9.94 Å². The summed E-state index contributed by atoms with van der Waals surface area (Å²) in [5.74, 6) is -0.155. The minimum atomic E-state index is -0.633. The molecule has 0 atom stereocenters. The van der Waals surface area contributed by atoms with Crippen LogP contribution in [-0.4, -0.2) is 31.3 Å². The van der Waals surface area contributed by atoms with Gasteiger partial charge in [-0.05, 0) is 65.7 Å². The first-order chi connectivity index (χ1) is 13.4. The van der Waals surface area contributed by atoms with Crippen molar-refractivity contribution in [3.63, 3.8) is 0 Å². The Balaban J connectivity index is 0.00000300. The van der Waals surface area contributed by atoms with Gasteiger partial charge in [-0.3, -0.25) is 15.3 Å². The van der Waals surface area contributed by atoms with Crippen molar-refractivity contribution in [1.29, 1.82) is 0 Å². The molecule has 3 N–H and O–H groups in total. The molecular weight excluding hydrogens is 394 g/mol. The van der Waals surface area contributed by atoms with Gasteiger partial charge in [0.1, 0.15) is 5.75 Å². The fourth-order valence-corrected chi connectivity index (χ4v) is 2.85. The molecule has 0 bridgehead atoms. The maximum atomic E-state index is 12.2. The molecule has 152 valence electrons. The molecule has 7 nitrogen and oxygen atoms in total. The molecule has 3 aromatic rings. The van der Waals surface area contributed by atoms with Gasteiger partial charge in [0.15, 0.2) is 0 Å². The van der Waals surface area contributed by atoms with Gasteiger partial charge in [0, 0.05) is 31.0 Å². The maximum absolute atomic E-state index is 12.2. The van der Waals surface area contributed by atoms with E-state index in [1.807, 2.05) is 44.1 Å². The summed E-state index contributed by atoms with van der Waals surface area (Å²) in [5, 5.41) is 13.3. The first kappa shape index (κ1) is 22.0. The van der Waals surface area contributed by atoms with Crippen LogP contribution in [0.3, 0.4) is 0 Å². The lowest BCUT2D eigenvalue weighted by Crippen LogP contribution is -2.19. The number of carbonyl (C=O) groups excluding carboxylic acids is 2. The number of benzene rings is 3. The summed E-state index contributed by atoms with van der Waals surface area (Å²) >= 11 is 0. The lowest BCUT2D eigenvalue weighted by atomic mass is 10.0. The highest BCUT2D eigenvalue weighted by Crippen LogP contribution is 2.30. The van der Waals surface area contributed by atoms with Crippen LogP contribution in [0.4, 0.5) is 16.2 Å². The van der Waals surface area contributed by atoms with Crippen LogP contribution in [0.15, 0.2) is 54.6 Å². The van der Waals surface area contributed by atoms with E-state index < -0.39 is 12.0 Å². The number of anilines is 2. The standard InChI is InChI=1S/C21H21N3O4.ClH/c1-13-18-10-9-17(24(2)3)12-15(18)6-11-19(13)28-21(26)22-16-7-4-14(5-8-16)20(25)23-27;/h4-12,27H,1-3H3,(H,22,26)(H,23,25);1H. The molecule has 8 heteroatoms. The third-order valence-corrected chi connectivity index (χ3v) is 4.44. The second-order valence-corrected chi connectivity index (χ2v) is 6.52. The molecule has 0 aliphatic heterocycles. The average molecular weight is 416 g/mol. The van der Waals surface area contributed by atoms with Crippen LogP contribution < -0.4 is 20.4 Å². The fourth-order valence-electron chi connectivity index (χ4n) is 2.85. The highest BCUT2D eigenvalue weighted by Gasteiger charge is 2.11. The van der Waals surface area contributed by atoms with E-state index in [1.54, 1.807) is 23.7 Å². The molecule has 0 fully saturated rings. The predicted molar refractivity (Wildman–Crippen MR) is 116 cm³/mol. The molecule has 29 heavy (non-hydrogen) atoms. The van der Waals surface area contributed by atoms with Gasteiger partial charge < -0.3 is 9.64 Å². The maximum Gasteiger partial charge on any atom is 0.417 e. The van der Waals surface area contributed by atoms with Crippen molar-refractivity contribution < 1.29 is 19.5 Å². The van der Waals surface area contributed by atoms with Crippen molar-refractivity contribution in [2.75, 3.05) is 24.3 Å². The van der Waals surface area contributed by atoms with Crippen LogP contribution in [0, 0.1) is 6.92 Å². The van der Waals surface area contributed by atoms with Gasteiger partial charge in [-0.2, -0.15) is 0 Å². The lowest BCUT2D eigenvalue weighted by molar-refractivity contribution is 0.0706. The van der Waals surface area contributed by atoms with E-state index in [9.17, 15) is 9.59 Å². The molecular formula is C21H22ClN3O4. The van der Waals surface area contributed by atoms with Crippen LogP contribution >= 0.6 is 12.4 Å². The number of hydrogen-bond donors (Lipinski definition) is 3. The van der Waals surface area contributed by atoms with Crippen molar-refractivity contribution in [2.45, 2.75) is 6.92 Å². The van der Waals surface area contributed by atoms with Gasteiger partial charge in [-0.1, -0.05) is 12.1 Å². The zero-order valence-electron chi connectivity index (χ0n) is 16.2. The molecule has 0 aliphatic carbocycles. The van der Waals surface area contributed by atoms with Crippen LogP contribution in [-0.2, 0) is 0 Å². The number of amides is 2. The topological polar surface area (TPSA) is 90.9 Å². The number of nitrogens with one attached hydrogen (secondary N) is 2. The second kappa shape index (κ2) is 9.27. The Morgan fingerprint density at radius 2 is 1.69 bits per heavy atom. The second-order valence-electron chi connectivity index (χ2n) is 6.52. The van der Waals surface area contributed by atoms with Crippen LogP contribution in [0.5, 0.6) is 5.75 Å². The quantitative estimate of drug-likeness (QED) is 0.435. The van der Waals surface area contributed by atoms with Crippen molar-refractivity contribution in [1.82, 2.24) is 5.48 Å². The number of aryl methyl sites for hydroxylation is 1. The lowest BCUT2D eigenvalue weighted by Gasteiger charge is -2.15. The van der Waals surface area contributed by atoms with Crippen molar-refractivity contribution >= 4 is 46.6 Å². The monoisotopic (exact) mass is 415 g/mol. The summed E-state index contributed by atoms with van der Waals surface area (Å²) in [7, 11) is 3.97. The van der Waals surface area contributed by atoms with Gasteiger partial charge in [-0.15, -0.1) is 12.4 Å². The van der Waals surface area contributed by atoms with Gasteiger partial charge in [0.05, 0.1) is 0 Å². The number of halogens is 1. The molecule has 3 aromatic carbocycles. The van der Waals surface area contributed by atoms with Crippen LogP contribution in [0.2, 0.25) is 0 Å². The zero-order valence-corrected chi connectivity index (χ0v) is 17.0. The average Bonchev–Trinajstić information content (AvgIpc) is 2.69. The van der Waals surface area contributed by atoms with E-state index >= 15 is 0 Å². The summed E-state index contributed by atoms with van der Waals surface area (Å²) in [5.41, 5.74) is 4.25. The minimum absolute atomic E-state index is 0. The zero-order chi connectivity index (χ0) is 20.3. The van der Waals surface area contributed by atoms with Gasteiger partial charge in [0.2, 0.25) is 0 Å². The van der Waals surface area contributed by atoms with Gasteiger partial charge in [0.25, 0.3) is 5.91 Å². The molecule has 0 saturated carbocycles. The van der Waals surface area contributed by atoms with Crippen LogP contribution in [0.25, 0.3) is 10.8 Å². The Morgan fingerprint density at radius 1 is 1.00 bits per heavy atom. The largest absolute Gasteiger partial charge is 0.417 e. The fraction of sp³-hybridized carbons (Fsp3) is 0.143. The van der Waals surface area contributed by atoms with Gasteiger partial charge >= 0.3 is 6.09 Å². The van der Waals surface area contributed by atoms with E-state index in [-0.39, 0.29) is 18.0 Å². The summed E-state index contributed by atoms with van der Waals surface area (Å²) in [6.07, 6.45) is -0.633. The normalized spacial score (nSPS) is 10.1. The number of hydrogen-bond acceptors (Lipinski definition) is 5. The summed E-state index contributed by atoms with van der Waals surface area (Å²) < 4.78 is 5.45. The summed E-state index contributed by atoms with van der Waals surface area (Å²) in [6, 6.07) is 15.8. The number of carbonyl (C=O) groups is 2. The molecule has 3 rings (SSSR count). The van der Waals surface area contributed by atoms with Crippen molar-refractivity contribution in [2.24, 2.45) is 0 Å². The SMILES string of the molecule is Cc1c(OC(=O)Nc2ccc(C(=O)NO)cc2)ccc2cc(N(C)C)ccc12.Cl. The van der Waals surface area contributed by atoms with E-state index in [2.05, 4.69) is 11.4 Å². The number of ether oxygens (including phenoxy) is 1. The molecule has 0 spiro atoms. The van der Waals surface area contributed by atoms with E-state index in [0.717, 1.165) is 22.0 Å². The molecule has 0 aromatic heterocycles. The Kier molecular flexibility index (Phi) is 7.03. The van der Waals surface area contributed by atoms with Crippen LogP contribution in [0.1, 0.15) is 15.9 Å². The molecule has 0 unspecified atom stereocenters. The molecule has 0 saturated heterocycles. The third-order valence-electron chi connectivity index (χ3n) is 4.44. The number of nitrogens with zero attached hydrogens (tertiary/aromatic N) is 1. The Morgan fingerprint density at radius 3 is 2.31 bits per heavy atom. The highest BCUT2D eigenvalue weighted by atomic mass is 35.5. The summed E-state index contributed by atoms with van der Waals surface area (Å²) in [4.78, 5) is 25.6.